The van der Waals surface area contributed by atoms with E-state index >= 15 is 0 Å². The number of nitrogens with two attached hydrogens (primary N) is 1. The molecule has 78 valence electrons. The lowest BCUT2D eigenvalue weighted by molar-refractivity contribution is -0.112. The predicted octanol–water partition coefficient (Wildman–Crippen LogP) is -0.887. The van der Waals surface area contributed by atoms with Crippen LogP contribution in [-0.2, 0) is 4.79 Å². The molecule has 0 radical (unpaired) electrons. The highest BCUT2D eigenvalue weighted by molar-refractivity contribution is 5.91. The molecule has 1 amide bonds. The van der Waals surface area contributed by atoms with E-state index in [-0.39, 0.29) is 0 Å². The van der Waals surface area contributed by atoms with E-state index in [0.717, 1.165) is 39.1 Å². The van der Waals surface area contributed by atoms with Crippen molar-refractivity contribution in [1.29, 1.82) is 0 Å². The number of primary amides is 1. The summed E-state index contributed by atoms with van der Waals surface area (Å²) in [4.78, 5) is 15.0. The first kappa shape index (κ1) is 11.0. The maximum atomic E-state index is 10.3. The molecule has 1 heterocycles. The van der Waals surface area contributed by atoms with Gasteiger partial charge in [0.05, 0.1) is 0 Å². The Morgan fingerprint density at radius 3 is 2.57 bits per heavy atom. The number of amides is 1. The molecule has 0 aliphatic carbocycles. The predicted molar refractivity (Wildman–Crippen MR) is 55.5 cm³/mol. The van der Waals surface area contributed by atoms with Gasteiger partial charge in [0, 0.05) is 39.1 Å². The van der Waals surface area contributed by atoms with Crippen molar-refractivity contribution in [3.63, 3.8) is 0 Å². The lowest BCUT2D eigenvalue weighted by Crippen LogP contribution is -2.44. The third kappa shape index (κ3) is 4.26. The molecule has 0 aromatic heterocycles. The van der Waals surface area contributed by atoms with E-state index < -0.39 is 5.91 Å². The van der Waals surface area contributed by atoms with Gasteiger partial charge in [0.15, 0.2) is 0 Å². The van der Waals surface area contributed by atoms with Crippen molar-refractivity contribution < 1.29 is 4.79 Å². The van der Waals surface area contributed by atoms with E-state index in [9.17, 15) is 4.79 Å². The fourth-order valence-corrected chi connectivity index (χ4v) is 1.44. The summed E-state index contributed by atoms with van der Waals surface area (Å²) >= 11 is 0. The average Bonchev–Trinajstić information content (AvgIpc) is 2.15. The Labute approximate surface area is 85.0 Å². The number of nitrogens with zero attached hydrogens (tertiary/aromatic N) is 2. The van der Waals surface area contributed by atoms with Gasteiger partial charge in [-0.3, -0.25) is 9.69 Å². The maximum absolute atomic E-state index is 10.3. The fourth-order valence-electron chi connectivity index (χ4n) is 1.44. The van der Waals surface area contributed by atoms with Gasteiger partial charge in [-0.2, -0.15) is 0 Å². The summed E-state index contributed by atoms with van der Waals surface area (Å²) in [7, 11) is 2.13. The molecule has 0 spiro atoms. The highest BCUT2D eigenvalue weighted by atomic mass is 16.1. The van der Waals surface area contributed by atoms with Crippen LogP contribution < -0.4 is 5.73 Å². The van der Waals surface area contributed by atoms with E-state index in [0.29, 0.717) is 0 Å². The summed E-state index contributed by atoms with van der Waals surface area (Å²) in [6, 6.07) is 0. The number of rotatable bonds is 2. The second-order valence-corrected chi connectivity index (χ2v) is 3.56. The zero-order valence-electron chi connectivity index (χ0n) is 8.62. The quantitative estimate of drug-likeness (QED) is 0.582. The highest BCUT2D eigenvalue weighted by Crippen LogP contribution is 1.99. The summed E-state index contributed by atoms with van der Waals surface area (Å²) < 4.78 is 0. The topological polar surface area (TPSA) is 49.6 Å². The van der Waals surface area contributed by atoms with Gasteiger partial charge in [-0.15, -0.1) is 0 Å². The number of carbonyl (C=O) groups excluding carboxylic acids is 1. The van der Waals surface area contributed by atoms with Gasteiger partial charge in [-0.25, -0.2) is 0 Å². The number of piperazine rings is 1. The lowest BCUT2D eigenvalue weighted by Gasteiger charge is -2.31. The van der Waals surface area contributed by atoms with Crippen LogP contribution in [0.2, 0.25) is 0 Å². The van der Waals surface area contributed by atoms with Gasteiger partial charge in [0.25, 0.3) is 5.91 Å². The number of hydrogen-bond donors (Lipinski definition) is 1. The Balaban J connectivity index is 2.14. The second-order valence-electron chi connectivity index (χ2n) is 3.56. The Morgan fingerprint density at radius 2 is 2.00 bits per heavy atom. The maximum Gasteiger partial charge on any atom is 0.293 e. The molecule has 1 aliphatic rings. The Morgan fingerprint density at radius 1 is 1.36 bits per heavy atom. The molecule has 4 heteroatoms. The molecule has 2 N–H and O–H groups in total. The van der Waals surface area contributed by atoms with Gasteiger partial charge in [0.1, 0.15) is 0 Å². The van der Waals surface area contributed by atoms with Crippen molar-refractivity contribution in [3.05, 3.63) is 0 Å². The molecular formula is C10H17N3O. The van der Waals surface area contributed by atoms with E-state index in [1.165, 1.54) is 0 Å². The number of hydrogen-bond acceptors (Lipinski definition) is 3. The fraction of sp³-hybridized carbons (Fsp3) is 0.700. The smallest absolute Gasteiger partial charge is 0.293 e. The first-order chi connectivity index (χ1) is 6.68. The molecule has 0 bridgehead atoms. The van der Waals surface area contributed by atoms with E-state index in [1.807, 2.05) is 0 Å². The first-order valence-corrected chi connectivity index (χ1v) is 4.87. The minimum atomic E-state index is -0.539. The minimum absolute atomic E-state index is 0.539. The van der Waals surface area contributed by atoms with E-state index in [2.05, 4.69) is 28.7 Å². The van der Waals surface area contributed by atoms with Crippen LogP contribution in [0.1, 0.15) is 6.42 Å². The minimum Gasteiger partial charge on any atom is -0.359 e. The molecule has 1 rings (SSSR count). The Hall–Kier alpha value is -1.05. The average molecular weight is 195 g/mol. The van der Waals surface area contributed by atoms with Gasteiger partial charge in [0.2, 0.25) is 0 Å². The Kier molecular flexibility index (Phi) is 4.44. The molecule has 0 unspecified atom stereocenters. The largest absolute Gasteiger partial charge is 0.359 e. The van der Waals surface area contributed by atoms with Gasteiger partial charge in [-0.05, 0) is 13.0 Å². The van der Waals surface area contributed by atoms with Crippen molar-refractivity contribution in [2.45, 2.75) is 6.42 Å². The Bertz CT molecular complexity index is 246. The van der Waals surface area contributed by atoms with E-state index in [4.69, 9.17) is 5.73 Å². The van der Waals surface area contributed by atoms with Crippen LogP contribution in [0.4, 0.5) is 0 Å². The van der Waals surface area contributed by atoms with Crippen molar-refractivity contribution in [2.24, 2.45) is 5.73 Å². The zero-order chi connectivity index (χ0) is 10.4. The van der Waals surface area contributed by atoms with Crippen molar-refractivity contribution in [3.8, 4) is 11.8 Å². The van der Waals surface area contributed by atoms with Crippen LogP contribution in [0.25, 0.3) is 0 Å². The molecule has 4 nitrogen and oxygen atoms in total. The van der Waals surface area contributed by atoms with Gasteiger partial charge >= 0.3 is 0 Å². The second kappa shape index (κ2) is 5.63. The first-order valence-electron chi connectivity index (χ1n) is 4.87. The number of carbonyl (C=O) groups is 1. The summed E-state index contributed by atoms with van der Waals surface area (Å²) in [6.45, 7) is 5.35. The van der Waals surface area contributed by atoms with Crippen molar-refractivity contribution >= 4 is 5.91 Å². The standard InChI is InChI=1S/C10H17N3O/c1-12-6-8-13(9-7-12)5-3-2-4-10(11)14/h3,5-9H2,1H3,(H2,11,14). The van der Waals surface area contributed by atoms with Crippen molar-refractivity contribution in [2.75, 3.05) is 39.8 Å². The van der Waals surface area contributed by atoms with Gasteiger partial charge < -0.3 is 10.6 Å². The molecular weight excluding hydrogens is 178 g/mol. The van der Waals surface area contributed by atoms with Crippen LogP contribution in [0.5, 0.6) is 0 Å². The summed E-state index contributed by atoms with van der Waals surface area (Å²) in [6.07, 6.45) is 0.729. The molecule has 1 fully saturated rings. The molecule has 0 aromatic carbocycles. The molecule has 1 saturated heterocycles. The molecule has 0 saturated carbocycles. The normalized spacial score (nSPS) is 18.6. The third-order valence-corrected chi connectivity index (χ3v) is 2.36. The van der Waals surface area contributed by atoms with E-state index in [1.54, 1.807) is 0 Å². The van der Waals surface area contributed by atoms with Crippen LogP contribution in [0, 0.1) is 11.8 Å². The van der Waals surface area contributed by atoms with Crippen LogP contribution in [0.3, 0.4) is 0 Å². The number of likely N-dealkylation sites (N-methyl/N-ethyl adjacent to an activating group) is 1. The summed E-state index contributed by atoms with van der Waals surface area (Å²) in [5.41, 5.74) is 4.90. The molecule has 0 atom stereocenters. The van der Waals surface area contributed by atoms with Crippen LogP contribution >= 0.6 is 0 Å². The summed E-state index contributed by atoms with van der Waals surface area (Å²) in [5.74, 6) is 4.57. The van der Waals surface area contributed by atoms with Gasteiger partial charge in [-0.1, -0.05) is 5.92 Å². The molecule has 14 heavy (non-hydrogen) atoms. The van der Waals surface area contributed by atoms with Crippen LogP contribution in [-0.4, -0.2) is 55.5 Å². The van der Waals surface area contributed by atoms with Crippen molar-refractivity contribution in [1.82, 2.24) is 9.80 Å². The highest BCUT2D eigenvalue weighted by Gasteiger charge is 2.11. The molecule has 1 aliphatic heterocycles. The third-order valence-electron chi connectivity index (χ3n) is 2.36. The zero-order valence-corrected chi connectivity index (χ0v) is 8.62. The monoisotopic (exact) mass is 195 g/mol. The SMILES string of the molecule is CN1CCN(CCC#CC(N)=O)CC1. The van der Waals surface area contributed by atoms with Crippen LogP contribution in [0.15, 0.2) is 0 Å². The summed E-state index contributed by atoms with van der Waals surface area (Å²) in [5, 5.41) is 0. The lowest BCUT2D eigenvalue weighted by atomic mass is 10.3. The molecule has 0 aromatic rings.